The van der Waals surface area contributed by atoms with Gasteiger partial charge < -0.3 is 20.4 Å². The van der Waals surface area contributed by atoms with Gasteiger partial charge in [-0.25, -0.2) is 0 Å². The molecule has 174 valence electrons. The van der Waals surface area contributed by atoms with Crippen molar-refractivity contribution in [1.82, 2.24) is 14.9 Å². The minimum atomic E-state index is -0.314. The number of hydrogen-bond acceptors (Lipinski definition) is 5. The second-order valence-corrected chi connectivity index (χ2v) is 8.43. The minimum absolute atomic E-state index is 0.0481. The number of carbonyl (C=O) groups is 2. The van der Waals surface area contributed by atoms with Crippen LogP contribution in [0.3, 0.4) is 0 Å². The number of nitrogens with one attached hydrogen (secondary N) is 3. The molecule has 0 bridgehead atoms. The Hall–Kier alpha value is -3.30. The molecule has 2 amide bonds. The second kappa shape index (κ2) is 11.0. The molecular weight excluding hydrogens is 440 g/mol. The molecule has 0 atom stereocenters. The summed E-state index contributed by atoms with van der Waals surface area (Å²) >= 11 is 5.33. The summed E-state index contributed by atoms with van der Waals surface area (Å²) in [4.78, 5) is 40.5. The van der Waals surface area contributed by atoms with E-state index >= 15 is 0 Å². The van der Waals surface area contributed by atoms with Crippen LogP contribution < -0.4 is 16.2 Å². The van der Waals surface area contributed by atoms with Crippen molar-refractivity contribution in [1.29, 1.82) is 0 Å². The van der Waals surface area contributed by atoms with Crippen LogP contribution in [-0.4, -0.2) is 41.1 Å². The van der Waals surface area contributed by atoms with Crippen molar-refractivity contribution in [2.45, 2.75) is 39.3 Å². The van der Waals surface area contributed by atoms with Crippen LogP contribution in [-0.2, 0) is 22.5 Å². The fourth-order valence-electron chi connectivity index (χ4n) is 3.43. The number of H-pyrrole nitrogens is 1. The average molecular weight is 469 g/mol. The predicted molar refractivity (Wildman–Crippen MR) is 131 cm³/mol. The van der Waals surface area contributed by atoms with Crippen molar-refractivity contribution in [3.8, 4) is 0 Å². The first-order chi connectivity index (χ1) is 15.8. The molecule has 3 aromatic rings. The molecule has 1 heterocycles. The topological polar surface area (TPSA) is 105 Å². The lowest BCUT2D eigenvalue weighted by molar-refractivity contribution is -0.120. The molecular formula is C24H28N4O4S. The maximum absolute atomic E-state index is 12.8. The SMILES string of the molecule is COCCCn1c(=S)[nH]c2cc(C(=O)Nc3ccc(CC(=O)NC(C)C)cc3)ccc2c1=O. The Morgan fingerprint density at radius 2 is 1.88 bits per heavy atom. The van der Waals surface area contributed by atoms with E-state index in [0.29, 0.717) is 46.5 Å². The van der Waals surface area contributed by atoms with Crippen LogP contribution >= 0.6 is 12.2 Å². The van der Waals surface area contributed by atoms with Crippen molar-refractivity contribution < 1.29 is 14.3 Å². The monoisotopic (exact) mass is 468 g/mol. The number of methoxy groups -OCH3 is 1. The Bertz CT molecular complexity index is 1260. The average Bonchev–Trinajstić information content (AvgIpc) is 2.76. The van der Waals surface area contributed by atoms with Gasteiger partial charge in [-0.2, -0.15) is 0 Å². The normalized spacial score (nSPS) is 11.0. The molecule has 0 aliphatic heterocycles. The van der Waals surface area contributed by atoms with Gasteiger partial charge in [0.2, 0.25) is 5.91 Å². The molecule has 0 saturated heterocycles. The summed E-state index contributed by atoms with van der Waals surface area (Å²) in [5.74, 6) is -0.362. The molecule has 2 aromatic carbocycles. The number of aromatic amines is 1. The lowest BCUT2D eigenvalue weighted by Crippen LogP contribution is -2.31. The van der Waals surface area contributed by atoms with Crippen LogP contribution in [0, 0.1) is 4.77 Å². The van der Waals surface area contributed by atoms with Crippen LogP contribution in [0.15, 0.2) is 47.3 Å². The van der Waals surface area contributed by atoms with E-state index in [4.69, 9.17) is 17.0 Å². The molecule has 0 unspecified atom stereocenters. The zero-order valence-corrected chi connectivity index (χ0v) is 19.8. The number of ether oxygens (including phenoxy) is 1. The van der Waals surface area contributed by atoms with Crippen molar-refractivity contribution in [3.05, 3.63) is 68.7 Å². The van der Waals surface area contributed by atoms with Gasteiger partial charge >= 0.3 is 0 Å². The van der Waals surface area contributed by atoms with Crippen molar-refractivity contribution in [2.75, 3.05) is 19.0 Å². The quantitative estimate of drug-likeness (QED) is 0.330. The molecule has 0 fully saturated rings. The number of carbonyl (C=O) groups excluding carboxylic acids is 2. The fraction of sp³-hybridized carbons (Fsp3) is 0.333. The highest BCUT2D eigenvalue weighted by Gasteiger charge is 2.11. The highest BCUT2D eigenvalue weighted by Crippen LogP contribution is 2.15. The van der Waals surface area contributed by atoms with Gasteiger partial charge in [-0.1, -0.05) is 12.1 Å². The molecule has 0 saturated carbocycles. The van der Waals surface area contributed by atoms with E-state index in [1.54, 1.807) is 49.6 Å². The minimum Gasteiger partial charge on any atom is -0.385 e. The third-order valence-electron chi connectivity index (χ3n) is 5.00. The molecule has 33 heavy (non-hydrogen) atoms. The van der Waals surface area contributed by atoms with Gasteiger partial charge in [0.15, 0.2) is 4.77 Å². The first-order valence-electron chi connectivity index (χ1n) is 10.7. The summed E-state index contributed by atoms with van der Waals surface area (Å²) < 4.78 is 6.84. The van der Waals surface area contributed by atoms with Crippen LogP contribution in [0.5, 0.6) is 0 Å². The highest BCUT2D eigenvalue weighted by molar-refractivity contribution is 7.71. The summed E-state index contributed by atoms with van der Waals surface area (Å²) in [6, 6.07) is 12.1. The van der Waals surface area contributed by atoms with Gasteiger partial charge in [-0.05, 0) is 68.4 Å². The van der Waals surface area contributed by atoms with E-state index in [1.165, 1.54) is 4.57 Å². The molecule has 0 spiro atoms. The van der Waals surface area contributed by atoms with E-state index in [2.05, 4.69) is 15.6 Å². The van der Waals surface area contributed by atoms with Gasteiger partial charge in [0.05, 0.1) is 17.3 Å². The lowest BCUT2D eigenvalue weighted by Gasteiger charge is -2.10. The first kappa shape index (κ1) is 24.3. The Labute approximate surface area is 197 Å². The molecule has 0 radical (unpaired) electrons. The molecule has 0 aliphatic rings. The summed E-state index contributed by atoms with van der Waals surface area (Å²) in [7, 11) is 1.61. The molecule has 0 aliphatic carbocycles. The maximum Gasteiger partial charge on any atom is 0.262 e. The van der Waals surface area contributed by atoms with Gasteiger partial charge in [-0.3, -0.25) is 19.0 Å². The first-order valence-corrected chi connectivity index (χ1v) is 11.1. The van der Waals surface area contributed by atoms with Crippen molar-refractivity contribution >= 4 is 40.6 Å². The Morgan fingerprint density at radius 1 is 1.15 bits per heavy atom. The smallest absolute Gasteiger partial charge is 0.262 e. The third kappa shape index (κ3) is 6.36. The number of nitrogens with zero attached hydrogens (tertiary/aromatic N) is 1. The van der Waals surface area contributed by atoms with E-state index in [9.17, 15) is 14.4 Å². The Morgan fingerprint density at radius 3 is 2.55 bits per heavy atom. The van der Waals surface area contributed by atoms with Gasteiger partial charge in [0.25, 0.3) is 11.5 Å². The number of fused-ring (bicyclic) bond motifs is 1. The number of aromatic nitrogens is 2. The largest absolute Gasteiger partial charge is 0.385 e. The van der Waals surface area contributed by atoms with Crippen molar-refractivity contribution in [2.24, 2.45) is 0 Å². The fourth-order valence-corrected chi connectivity index (χ4v) is 3.72. The standard InChI is InChI=1S/C24H28N4O4S/c1-15(2)25-21(29)13-16-5-8-18(9-6-16)26-22(30)17-7-10-19-20(14-17)27-24(33)28(23(19)31)11-4-12-32-3/h5-10,14-15H,4,11-13H2,1-3H3,(H,25,29)(H,26,30)(H,27,33). The van der Waals surface area contributed by atoms with E-state index in [-0.39, 0.29) is 29.8 Å². The maximum atomic E-state index is 12.8. The number of rotatable bonds is 9. The molecule has 3 rings (SSSR count). The summed E-state index contributed by atoms with van der Waals surface area (Å²) in [5.41, 5.74) is 2.16. The molecule has 9 heteroatoms. The van der Waals surface area contributed by atoms with Crippen LogP contribution in [0.25, 0.3) is 10.9 Å². The second-order valence-electron chi connectivity index (χ2n) is 8.04. The summed E-state index contributed by atoms with van der Waals surface area (Å²) in [5, 5.41) is 6.14. The molecule has 1 aromatic heterocycles. The lowest BCUT2D eigenvalue weighted by atomic mass is 10.1. The summed E-state index contributed by atoms with van der Waals surface area (Å²) in [6.45, 7) is 4.81. The third-order valence-corrected chi connectivity index (χ3v) is 5.32. The number of benzene rings is 2. The zero-order chi connectivity index (χ0) is 24.0. The van der Waals surface area contributed by atoms with Gasteiger partial charge in [0.1, 0.15) is 0 Å². The van der Waals surface area contributed by atoms with E-state index in [0.717, 1.165) is 5.56 Å². The number of anilines is 1. The van der Waals surface area contributed by atoms with Gasteiger partial charge in [0, 0.05) is 37.6 Å². The van der Waals surface area contributed by atoms with Crippen LogP contribution in [0.1, 0.15) is 36.2 Å². The Balaban J connectivity index is 1.73. The van der Waals surface area contributed by atoms with Crippen LogP contribution in [0.2, 0.25) is 0 Å². The van der Waals surface area contributed by atoms with Gasteiger partial charge in [-0.15, -0.1) is 0 Å². The molecule has 3 N–H and O–H groups in total. The number of hydrogen-bond donors (Lipinski definition) is 3. The number of amides is 2. The van der Waals surface area contributed by atoms with Crippen molar-refractivity contribution in [3.63, 3.8) is 0 Å². The van der Waals surface area contributed by atoms with E-state index in [1.807, 2.05) is 13.8 Å². The molecule has 8 nitrogen and oxygen atoms in total. The highest BCUT2D eigenvalue weighted by atomic mass is 32.1. The predicted octanol–water partition coefficient (Wildman–Crippen LogP) is 3.41. The summed E-state index contributed by atoms with van der Waals surface area (Å²) in [6.07, 6.45) is 0.945. The van der Waals surface area contributed by atoms with Crippen LogP contribution in [0.4, 0.5) is 5.69 Å². The Kier molecular flexibility index (Phi) is 8.13. The van der Waals surface area contributed by atoms with E-state index < -0.39 is 0 Å². The zero-order valence-electron chi connectivity index (χ0n) is 18.9.